The molecule has 0 bridgehead atoms. The summed E-state index contributed by atoms with van der Waals surface area (Å²) in [5.41, 5.74) is 3.85. The molecule has 7 nitrogen and oxygen atoms in total. The van der Waals surface area contributed by atoms with Crippen LogP contribution in [0.2, 0.25) is 0 Å². The molecule has 0 aliphatic carbocycles. The highest BCUT2D eigenvalue weighted by Crippen LogP contribution is 2.23. The Balaban J connectivity index is 1.80. The third kappa shape index (κ3) is 3.59. The summed E-state index contributed by atoms with van der Waals surface area (Å²) in [5, 5.41) is 3.25. The van der Waals surface area contributed by atoms with Crippen LogP contribution >= 0.6 is 0 Å². The van der Waals surface area contributed by atoms with E-state index in [1.165, 1.54) is 19.2 Å². The Labute approximate surface area is 196 Å². The van der Waals surface area contributed by atoms with Crippen molar-refractivity contribution >= 4 is 22.7 Å². The van der Waals surface area contributed by atoms with Crippen LogP contribution in [-0.2, 0) is 0 Å². The highest BCUT2D eigenvalue weighted by Gasteiger charge is 2.20. The van der Waals surface area contributed by atoms with Crippen molar-refractivity contribution in [2.45, 2.75) is 39.5 Å². The lowest BCUT2D eigenvalue weighted by molar-refractivity contribution is 0.790. The number of fused-ring (bicyclic) bond motifs is 3. The second kappa shape index (κ2) is 8.33. The van der Waals surface area contributed by atoms with E-state index in [2.05, 4.69) is 33.0 Å². The Morgan fingerprint density at radius 1 is 0.735 bits per heavy atom. The lowest BCUT2D eigenvalue weighted by Crippen LogP contribution is -2.26. The lowest BCUT2D eigenvalue weighted by Gasteiger charge is -2.13. The third-order valence-electron chi connectivity index (χ3n) is 6.11. The molecule has 2 heterocycles. The van der Waals surface area contributed by atoms with Crippen molar-refractivity contribution in [3.8, 4) is 5.69 Å². The van der Waals surface area contributed by atoms with Crippen LogP contribution in [0.4, 0.5) is 11.6 Å². The van der Waals surface area contributed by atoms with Crippen molar-refractivity contribution in [2.75, 3.05) is 5.32 Å². The summed E-state index contributed by atoms with van der Waals surface area (Å²) in [6, 6.07) is 22.8. The van der Waals surface area contributed by atoms with Crippen LogP contribution in [0.25, 0.3) is 16.7 Å². The van der Waals surface area contributed by atoms with Gasteiger partial charge in [-0.2, -0.15) is 9.03 Å². The van der Waals surface area contributed by atoms with Crippen LogP contribution in [-0.4, -0.2) is 18.6 Å². The minimum Gasteiger partial charge on any atom is -0.324 e. The summed E-state index contributed by atoms with van der Waals surface area (Å²) in [6.45, 7) is 8.46. The zero-order valence-electron chi connectivity index (χ0n) is 19.7. The van der Waals surface area contributed by atoms with Gasteiger partial charge in [-0.05, 0) is 59.4 Å². The molecule has 5 rings (SSSR count). The average Bonchev–Trinajstić information content (AvgIpc) is 3.10. The molecule has 34 heavy (non-hydrogen) atoms. The van der Waals surface area contributed by atoms with Crippen LogP contribution in [0, 0.1) is 0 Å². The second-order valence-corrected chi connectivity index (χ2v) is 9.10. The third-order valence-corrected chi connectivity index (χ3v) is 6.11. The highest BCUT2D eigenvalue weighted by atomic mass is 16.2. The highest BCUT2D eigenvalue weighted by molar-refractivity contribution is 5.77. The molecule has 0 spiro atoms. The van der Waals surface area contributed by atoms with Crippen molar-refractivity contribution in [3.05, 3.63) is 105 Å². The summed E-state index contributed by atoms with van der Waals surface area (Å²) in [6.07, 6.45) is 0. The molecular weight excluding hydrogens is 426 g/mol. The Hall–Kier alpha value is -4.13. The lowest BCUT2D eigenvalue weighted by atomic mass is 10.0. The molecule has 0 aliphatic heterocycles. The largest absolute Gasteiger partial charge is 0.359 e. The quantitative estimate of drug-likeness (QED) is 0.402. The zero-order chi connectivity index (χ0) is 24.0. The molecule has 0 radical (unpaired) electrons. The van der Waals surface area contributed by atoms with E-state index in [0.717, 1.165) is 11.3 Å². The van der Waals surface area contributed by atoms with Crippen molar-refractivity contribution in [3.63, 3.8) is 0 Å². The van der Waals surface area contributed by atoms with Gasteiger partial charge in [-0.1, -0.05) is 64.1 Å². The number of benzene rings is 3. The summed E-state index contributed by atoms with van der Waals surface area (Å²) in [4.78, 5) is 32.0. The van der Waals surface area contributed by atoms with Gasteiger partial charge in [0.25, 0.3) is 0 Å². The predicted octanol–water partition coefficient (Wildman–Crippen LogP) is 5.09. The number of aromatic nitrogens is 4. The molecule has 0 saturated carbocycles. The first-order chi connectivity index (χ1) is 16.3. The van der Waals surface area contributed by atoms with Gasteiger partial charge < -0.3 is 5.32 Å². The van der Waals surface area contributed by atoms with E-state index in [-0.39, 0.29) is 11.9 Å². The van der Waals surface area contributed by atoms with Crippen LogP contribution in [0.1, 0.15) is 50.7 Å². The first-order valence-electron chi connectivity index (χ1n) is 11.5. The van der Waals surface area contributed by atoms with Crippen LogP contribution in [0.15, 0.2) is 82.4 Å². The molecule has 0 amide bonds. The van der Waals surface area contributed by atoms with Gasteiger partial charge in [0.15, 0.2) is 0 Å². The molecule has 172 valence electrons. The molecule has 3 aromatic carbocycles. The zero-order valence-corrected chi connectivity index (χ0v) is 19.7. The maximum absolute atomic E-state index is 13.6. The van der Waals surface area contributed by atoms with E-state index in [9.17, 15) is 9.59 Å². The molecule has 2 aromatic heterocycles. The smallest absolute Gasteiger partial charge is 0.324 e. The Morgan fingerprint density at radius 2 is 1.35 bits per heavy atom. The van der Waals surface area contributed by atoms with Crippen LogP contribution in [0.5, 0.6) is 0 Å². The maximum Gasteiger partial charge on any atom is 0.359 e. The molecule has 5 aromatic rings. The molecule has 1 N–H and O–H groups in total. The number of hydrogen-bond acceptors (Lipinski definition) is 4. The fourth-order valence-corrected chi connectivity index (χ4v) is 4.12. The van der Waals surface area contributed by atoms with Crippen molar-refractivity contribution < 1.29 is 0 Å². The van der Waals surface area contributed by atoms with Crippen molar-refractivity contribution in [1.29, 1.82) is 0 Å². The van der Waals surface area contributed by atoms with Gasteiger partial charge in [-0.25, -0.2) is 19.1 Å². The van der Waals surface area contributed by atoms with E-state index < -0.39 is 11.4 Å². The molecule has 0 aliphatic rings. The van der Waals surface area contributed by atoms with Gasteiger partial charge in [-0.15, -0.1) is 0 Å². The number of nitrogens with zero attached hydrogens (tertiary/aromatic N) is 4. The van der Waals surface area contributed by atoms with Gasteiger partial charge in [-0.3, -0.25) is 0 Å². The van der Waals surface area contributed by atoms with Gasteiger partial charge in [0.05, 0.1) is 16.7 Å². The van der Waals surface area contributed by atoms with Crippen molar-refractivity contribution in [1.82, 2.24) is 18.6 Å². The topological polar surface area (TPSA) is 72.8 Å². The van der Waals surface area contributed by atoms with Crippen molar-refractivity contribution in [2.24, 2.45) is 0 Å². The molecule has 0 atom stereocenters. The minimum absolute atomic E-state index is 0.264. The Morgan fingerprint density at radius 3 is 2.00 bits per heavy atom. The summed E-state index contributed by atoms with van der Waals surface area (Å²) in [7, 11) is 0. The van der Waals surface area contributed by atoms with E-state index in [4.69, 9.17) is 4.98 Å². The van der Waals surface area contributed by atoms with E-state index in [1.807, 2.05) is 48.5 Å². The average molecular weight is 454 g/mol. The molecule has 7 heteroatoms. The maximum atomic E-state index is 13.6. The number of rotatable bonds is 5. The summed E-state index contributed by atoms with van der Waals surface area (Å²) >= 11 is 0. The van der Waals surface area contributed by atoms with Gasteiger partial charge in [0.1, 0.15) is 0 Å². The number of anilines is 2. The SMILES string of the molecule is CC(C)c1ccc(Nc2nc3ccc(C(C)C)cc3n3c(=O)n(-c4ccccc4)c(=O)n23)cc1. The number of hydrogen-bond donors (Lipinski definition) is 1. The minimum atomic E-state index is -0.484. The first kappa shape index (κ1) is 21.7. The monoisotopic (exact) mass is 453 g/mol. The fraction of sp³-hybridized carbons (Fsp3) is 0.222. The Bertz CT molecular complexity index is 1610. The number of nitrogens with one attached hydrogen (secondary N) is 1. The predicted molar refractivity (Wildman–Crippen MR) is 136 cm³/mol. The molecule has 0 fully saturated rings. The van der Waals surface area contributed by atoms with E-state index in [1.54, 1.807) is 24.3 Å². The van der Waals surface area contributed by atoms with Gasteiger partial charge >= 0.3 is 11.4 Å². The standard InChI is InChI=1S/C27H27N5O2/c1-17(2)19-10-13-21(14-11-19)28-25-29-23-15-12-20(18(3)4)16-24(23)31-26(33)30(27(34)32(25)31)22-8-6-5-7-9-22/h5-18H,1-4H3,(H,28,29). The van der Waals surface area contributed by atoms with E-state index >= 15 is 0 Å². The number of para-hydroxylation sites is 1. The van der Waals surface area contributed by atoms with E-state index in [0.29, 0.717) is 22.6 Å². The molecular formula is C27H27N5O2. The molecule has 0 unspecified atom stereocenters. The van der Waals surface area contributed by atoms with Gasteiger partial charge in [0.2, 0.25) is 5.95 Å². The van der Waals surface area contributed by atoms with Crippen LogP contribution < -0.4 is 16.7 Å². The fourth-order valence-electron chi connectivity index (χ4n) is 4.12. The van der Waals surface area contributed by atoms with Gasteiger partial charge in [0, 0.05) is 5.69 Å². The summed E-state index contributed by atoms with van der Waals surface area (Å²) < 4.78 is 3.91. The van der Waals surface area contributed by atoms with Crippen LogP contribution in [0.3, 0.4) is 0 Å². The first-order valence-corrected chi connectivity index (χ1v) is 11.5. The second-order valence-electron chi connectivity index (χ2n) is 9.10. The molecule has 0 saturated heterocycles. The normalized spacial score (nSPS) is 11.7. The Kier molecular flexibility index (Phi) is 5.32. The summed E-state index contributed by atoms with van der Waals surface area (Å²) in [5.74, 6) is 0.954.